The number of benzene rings is 2. The number of aliphatic hydroxyl groups excluding tert-OH is 1. The van der Waals surface area contributed by atoms with Crippen LogP contribution in [-0.2, 0) is 31.5 Å². The molecular weight excluding hydrogens is 610 g/mol. The summed E-state index contributed by atoms with van der Waals surface area (Å²) < 4.78 is 137. The largest absolute Gasteiger partial charge is 0.435 e. The van der Waals surface area contributed by atoms with Crippen molar-refractivity contribution in [3.8, 4) is 0 Å². The van der Waals surface area contributed by atoms with Gasteiger partial charge in [0, 0.05) is 17.5 Å². The maximum atomic E-state index is 15.0. The highest BCUT2D eigenvalue weighted by molar-refractivity contribution is 7.92. The molecule has 43 heavy (non-hydrogen) atoms. The summed E-state index contributed by atoms with van der Waals surface area (Å²) in [6.45, 7) is 0. The van der Waals surface area contributed by atoms with Crippen molar-refractivity contribution in [3.05, 3.63) is 65.0 Å². The minimum Gasteiger partial charge on any atom is -0.393 e. The average molecular weight is 640 g/mol. The van der Waals surface area contributed by atoms with Gasteiger partial charge in [-0.1, -0.05) is 18.2 Å². The molecule has 0 aliphatic heterocycles. The number of hydrogen-bond donors (Lipinski definition) is 2. The van der Waals surface area contributed by atoms with Crippen molar-refractivity contribution in [3.63, 3.8) is 0 Å². The van der Waals surface area contributed by atoms with Gasteiger partial charge < -0.3 is 10.4 Å². The minimum atomic E-state index is -6.35. The Morgan fingerprint density at radius 1 is 0.860 bits per heavy atom. The number of alkyl halides is 7. The van der Waals surface area contributed by atoms with Crippen LogP contribution in [0.25, 0.3) is 0 Å². The van der Waals surface area contributed by atoms with Crippen molar-refractivity contribution in [1.82, 2.24) is 5.32 Å². The van der Waals surface area contributed by atoms with Crippen LogP contribution in [0, 0.1) is 17.7 Å². The number of hydrogen-bond acceptors (Lipinski definition) is 4. The molecule has 14 heteroatoms. The molecule has 2 saturated carbocycles. The van der Waals surface area contributed by atoms with Crippen LogP contribution in [0.1, 0.15) is 61.6 Å². The molecule has 3 aliphatic carbocycles. The van der Waals surface area contributed by atoms with E-state index in [1.807, 2.05) is 0 Å². The van der Waals surface area contributed by atoms with E-state index in [-0.39, 0.29) is 47.7 Å². The molecule has 2 aromatic carbocycles. The zero-order chi connectivity index (χ0) is 31.6. The summed E-state index contributed by atoms with van der Waals surface area (Å²) in [5, 5.41) is 12.7. The first-order chi connectivity index (χ1) is 19.9. The lowest BCUT2D eigenvalue weighted by Gasteiger charge is -2.43. The SMILES string of the molecule is O=C(NC1CCC(O)CC1)[C@@H]1CC[C@@]2(S(=O)(=O)c3ccc(F)cc3)c3ccc(C(F)(C(F)(F)F)C(F)(F)F)cc3CC[C@@H]12. The van der Waals surface area contributed by atoms with Crippen LogP contribution in [-0.4, -0.2) is 43.9 Å². The minimum absolute atomic E-state index is 0.0472. The summed E-state index contributed by atoms with van der Waals surface area (Å²) in [6, 6.07) is 5.13. The quantitative estimate of drug-likeness (QED) is 0.303. The number of sulfone groups is 1. The van der Waals surface area contributed by atoms with Gasteiger partial charge in [-0.2, -0.15) is 26.3 Å². The van der Waals surface area contributed by atoms with E-state index in [2.05, 4.69) is 5.32 Å². The van der Waals surface area contributed by atoms with Gasteiger partial charge in [0.25, 0.3) is 0 Å². The lowest BCUT2D eigenvalue weighted by molar-refractivity contribution is -0.348. The highest BCUT2D eigenvalue weighted by Gasteiger charge is 2.74. The van der Waals surface area contributed by atoms with E-state index in [1.165, 1.54) is 0 Å². The molecule has 236 valence electrons. The fourth-order valence-corrected chi connectivity index (χ4v) is 9.69. The highest BCUT2D eigenvalue weighted by Crippen LogP contribution is 2.60. The Balaban J connectivity index is 1.61. The van der Waals surface area contributed by atoms with E-state index in [9.17, 15) is 53.4 Å². The predicted molar refractivity (Wildman–Crippen MR) is 138 cm³/mol. The summed E-state index contributed by atoms with van der Waals surface area (Å²) >= 11 is 0. The third-order valence-electron chi connectivity index (χ3n) is 9.36. The molecule has 5 nitrogen and oxygen atoms in total. The Bertz CT molecular complexity index is 1470. The van der Waals surface area contributed by atoms with E-state index >= 15 is 0 Å². The molecule has 2 N–H and O–H groups in total. The monoisotopic (exact) mass is 639 g/mol. The van der Waals surface area contributed by atoms with E-state index in [0.717, 1.165) is 30.3 Å². The van der Waals surface area contributed by atoms with Crippen LogP contribution in [0.2, 0.25) is 0 Å². The van der Waals surface area contributed by atoms with Crippen LogP contribution in [0.5, 0.6) is 0 Å². The van der Waals surface area contributed by atoms with Crippen molar-refractivity contribution in [2.45, 2.75) is 91.2 Å². The van der Waals surface area contributed by atoms with E-state index in [4.69, 9.17) is 0 Å². The summed E-state index contributed by atoms with van der Waals surface area (Å²) in [4.78, 5) is 13.2. The van der Waals surface area contributed by atoms with Gasteiger partial charge in [-0.25, -0.2) is 17.2 Å². The number of carbonyl (C=O) groups is 1. The van der Waals surface area contributed by atoms with Crippen LogP contribution in [0.4, 0.5) is 35.1 Å². The third-order valence-corrected chi connectivity index (χ3v) is 11.9. The Hall–Kier alpha value is -2.74. The average Bonchev–Trinajstić information content (AvgIpc) is 3.34. The van der Waals surface area contributed by atoms with Crippen LogP contribution in [0.15, 0.2) is 47.4 Å². The van der Waals surface area contributed by atoms with Crippen molar-refractivity contribution in [1.29, 1.82) is 0 Å². The first-order valence-corrected chi connectivity index (χ1v) is 15.4. The molecule has 1 amide bonds. The van der Waals surface area contributed by atoms with Gasteiger partial charge in [0.15, 0.2) is 9.84 Å². The smallest absolute Gasteiger partial charge is 0.393 e. The maximum Gasteiger partial charge on any atom is 0.435 e. The normalized spacial score (nSPS) is 28.2. The molecule has 3 aliphatic rings. The second-order valence-electron chi connectivity index (χ2n) is 11.7. The molecule has 3 atom stereocenters. The second kappa shape index (κ2) is 10.7. The summed E-state index contributed by atoms with van der Waals surface area (Å²) in [5.74, 6) is -2.95. The molecule has 0 heterocycles. The first-order valence-electron chi connectivity index (χ1n) is 13.9. The topological polar surface area (TPSA) is 83.5 Å². The second-order valence-corrected chi connectivity index (χ2v) is 13.9. The third kappa shape index (κ3) is 5.01. The Morgan fingerprint density at radius 3 is 2.05 bits per heavy atom. The Labute approximate surface area is 242 Å². The first kappa shape index (κ1) is 31.7. The molecule has 0 spiro atoms. The molecule has 2 fully saturated rings. The fourth-order valence-electron chi connectivity index (χ4n) is 7.22. The summed E-state index contributed by atoms with van der Waals surface area (Å²) in [6.07, 6.45) is -11.6. The van der Waals surface area contributed by atoms with Crippen LogP contribution < -0.4 is 5.32 Å². The fraction of sp³-hybridized carbons (Fsp3) is 0.552. The predicted octanol–water partition coefficient (Wildman–Crippen LogP) is 6.18. The molecule has 5 rings (SSSR count). The molecule has 2 aromatic rings. The van der Waals surface area contributed by atoms with Crippen molar-refractivity contribution < 1.29 is 53.4 Å². The van der Waals surface area contributed by atoms with E-state index < -0.39 is 67.8 Å². The van der Waals surface area contributed by atoms with Gasteiger partial charge in [0.05, 0.1) is 11.0 Å². The van der Waals surface area contributed by atoms with Gasteiger partial charge >= 0.3 is 18.0 Å². The number of aliphatic hydroxyl groups is 1. The van der Waals surface area contributed by atoms with E-state index in [1.54, 1.807) is 0 Å². The van der Waals surface area contributed by atoms with E-state index in [0.29, 0.717) is 37.8 Å². The van der Waals surface area contributed by atoms with Crippen molar-refractivity contribution >= 4 is 15.7 Å². The molecular formula is C29H29F8NO4S. The molecule has 0 unspecified atom stereocenters. The zero-order valence-electron chi connectivity index (χ0n) is 22.6. The van der Waals surface area contributed by atoms with Gasteiger partial charge in [-0.05, 0) is 92.7 Å². The van der Waals surface area contributed by atoms with Crippen LogP contribution in [0.3, 0.4) is 0 Å². The van der Waals surface area contributed by atoms with Crippen molar-refractivity contribution in [2.75, 3.05) is 0 Å². The number of carbonyl (C=O) groups excluding carboxylic acids is 1. The summed E-state index contributed by atoms with van der Waals surface area (Å²) in [7, 11) is -4.52. The number of halogens is 8. The zero-order valence-corrected chi connectivity index (χ0v) is 23.4. The number of rotatable bonds is 5. The number of aryl methyl sites for hydroxylation is 1. The highest BCUT2D eigenvalue weighted by atomic mass is 32.2. The van der Waals surface area contributed by atoms with Crippen LogP contribution >= 0.6 is 0 Å². The van der Waals surface area contributed by atoms with Gasteiger partial charge in [-0.3, -0.25) is 4.79 Å². The number of nitrogens with one attached hydrogen (secondary N) is 1. The summed E-state index contributed by atoms with van der Waals surface area (Å²) in [5.41, 5.74) is -7.71. The lowest BCUT2D eigenvalue weighted by atomic mass is 9.72. The number of fused-ring (bicyclic) bond motifs is 3. The molecule has 0 radical (unpaired) electrons. The van der Waals surface area contributed by atoms with Crippen molar-refractivity contribution in [2.24, 2.45) is 11.8 Å². The molecule has 0 aromatic heterocycles. The Kier molecular flexibility index (Phi) is 7.89. The Morgan fingerprint density at radius 2 is 1.47 bits per heavy atom. The van der Waals surface area contributed by atoms with Gasteiger partial charge in [0.1, 0.15) is 10.6 Å². The maximum absolute atomic E-state index is 15.0. The van der Waals surface area contributed by atoms with Gasteiger partial charge in [0.2, 0.25) is 5.91 Å². The lowest BCUT2D eigenvalue weighted by Crippen LogP contribution is -2.51. The standard InChI is InChI=1S/C29H29F8NO4S/c30-18-3-9-21(10-4-18)43(41,42)26-14-13-22(25(40)38-19-5-7-20(39)8-6-19)24(26)11-1-16-15-17(2-12-23(16)26)27(31,28(32,33)34)29(35,36)37/h2-4,9-10,12,15,19-20,22,24,39H,1,5-8,11,13-14H2,(H,38,40)/t19?,20?,22-,24+,26-/m1/s1. The number of amides is 1. The molecule has 0 saturated heterocycles. The molecule has 0 bridgehead atoms. The van der Waals surface area contributed by atoms with Gasteiger partial charge in [-0.15, -0.1) is 0 Å².